The first-order valence-corrected chi connectivity index (χ1v) is 8.11. The van der Waals surface area contributed by atoms with E-state index >= 15 is 0 Å². The molecule has 0 unspecified atom stereocenters. The summed E-state index contributed by atoms with van der Waals surface area (Å²) < 4.78 is 27.0. The Morgan fingerprint density at radius 3 is 2.85 bits per heavy atom. The molecule has 0 atom stereocenters. The largest absolute Gasteiger partial charge is 0.398 e. The van der Waals surface area contributed by atoms with Crippen molar-refractivity contribution in [2.45, 2.75) is 38.7 Å². The number of hydrogen-bond donors (Lipinski definition) is 2. The second-order valence-electron chi connectivity index (χ2n) is 6.19. The van der Waals surface area contributed by atoms with Crippen LogP contribution in [0.3, 0.4) is 0 Å². The standard InChI is InChI=1S/C17H19F2N5O2/c1-9-11(3-2-4-12(9)20)17(21)23-26-15(25)8-24-14(10-5-6-10)7-13(22-24)16(18)19/h2-4,7,10,16H,5-6,8,20H2,1H3,(H2,21,23). The summed E-state index contributed by atoms with van der Waals surface area (Å²) in [7, 11) is 0. The zero-order valence-electron chi connectivity index (χ0n) is 14.2. The van der Waals surface area contributed by atoms with Gasteiger partial charge in [-0.3, -0.25) is 4.68 Å². The summed E-state index contributed by atoms with van der Waals surface area (Å²) in [5.41, 5.74) is 13.7. The topological polar surface area (TPSA) is 109 Å². The molecule has 3 rings (SSSR count). The van der Waals surface area contributed by atoms with Crippen molar-refractivity contribution in [2.24, 2.45) is 10.9 Å². The fourth-order valence-corrected chi connectivity index (χ4v) is 2.62. The zero-order chi connectivity index (χ0) is 18.8. The van der Waals surface area contributed by atoms with Gasteiger partial charge in [-0.2, -0.15) is 5.10 Å². The molecule has 7 nitrogen and oxygen atoms in total. The first kappa shape index (κ1) is 17.8. The Bertz CT molecular complexity index is 859. The van der Waals surface area contributed by atoms with Gasteiger partial charge in [-0.15, -0.1) is 0 Å². The molecule has 0 amide bonds. The van der Waals surface area contributed by atoms with E-state index in [1.807, 2.05) is 0 Å². The first-order chi connectivity index (χ1) is 12.4. The lowest BCUT2D eigenvalue weighted by Crippen LogP contribution is -2.19. The van der Waals surface area contributed by atoms with E-state index in [1.165, 1.54) is 10.7 Å². The molecule has 0 radical (unpaired) electrons. The minimum absolute atomic E-state index is 0.000647. The highest BCUT2D eigenvalue weighted by Crippen LogP contribution is 2.41. The van der Waals surface area contributed by atoms with Crippen LogP contribution in [0.1, 0.15) is 47.7 Å². The molecule has 1 aliphatic rings. The smallest absolute Gasteiger partial charge is 0.356 e. The van der Waals surface area contributed by atoms with Crippen molar-refractivity contribution in [3.05, 3.63) is 46.8 Å². The number of hydrogen-bond acceptors (Lipinski definition) is 5. The summed E-state index contributed by atoms with van der Waals surface area (Å²) in [5, 5.41) is 7.42. The van der Waals surface area contributed by atoms with Gasteiger partial charge in [-0.1, -0.05) is 17.3 Å². The van der Waals surface area contributed by atoms with Crippen molar-refractivity contribution >= 4 is 17.5 Å². The zero-order valence-corrected chi connectivity index (χ0v) is 14.2. The van der Waals surface area contributed by atoms with Crippen LogP contribution in [0.25, 0.3) is 0 Å². The Morgan fingerprint density at radius 1 is 1.46 bits per heavy atom. The van der Waals surface area contributed by atoms with Crippen LogP contribution in [0, 0.1) is 6.92 Å². The van der Waals surface area contributed by atoms with Crippen LogP contribution in [0.4, 0.5) is 14.5 Å². The number of aromatic nitrogens is 2. The molecule has 4 N–H and O–H groups in total. The van der Waals surface area contributed by atoms with Gasteiger partial charge < -0.3 is 16.3 Å². The lowest BCUT2D eigenvalue weighted by atomic mass is 10.1. The van der Waals surface area contributed by atoms with Gasteiger partial charge in [0.25, 0.3) is 6.43 Å². The number of oxime groups is 1. The van der Waals surface area contributed by atoms with E-state index in [0.29, 0.717) is 16.9 Å². The van der Waals surface area contributed by atoms with Crippen LogP contribution < -0.4 is 11.5 Å². The third-order valence-corrected chi connectivity index (χ3v) is 4.23. The molecule has 9 heteroatoms. The maximum Gasteiger partial charge on any atom is 0.356 e. The van der Waals surface area contributed by atoms with Crippen LogP contribution in [0.5, 0.6) is 0 Å². The third kappa shape index (κ3) is 3.81. The number of nitrogen functional groups attached to an aromatic ring is 1. The Morgan fingerprint density at radius 2 is 2.19 bits per heavy atom. The number of anilines is 1. The SMILES string of the molecule is Cc1c(N)cccc1/C(N)=N/OC(=O)Cn1nc(C(F)F)cc1C1CC1. The summed E-state index contributed by atoms with van der Waals surface area (Å²) in [6, 6.07) is 6.46. The third-order valence-electron chi connectivity index (χ3n) is 4.23. The van der Waals surface area contributed by atoms with Gasteiger partial charge in [0.1, 0.15) is 12.2 Å². The fourth-order valence-electron chi connectivity index (χ4n) is 2.62. The number of amidine groups is 1. The molecular formula is C17H19F2N5O2. The van der Waals surface area contributed by atoms with Crippen LogP contribution in [-0.4, -0.2) is 21.6 Å². The van der Waals surface area contributed by atoms with Crippen molar-refractivity contribution in [2.75, 3.05) is 5.73 Å². The molecule has 26 heavy (non-hydrogen) atoms. The lowest BCUT2D eigenvalue weighted by molar-refractivity contribution is -0.144. The van der Waals surface area contributed by atoms with Crippen LogP contribution in [-0.2, 0) is 16.2 Å². The van der Waals surface area contributed by atoms with Gasteiger partial charge >= 0.3 is 5.97 Å². The van der Waals surface area contributed by atoms with Crippen molar-refractivity contribution in [3.8, 4) is 0 Å². The van der Waals surface area contributed by atoms with E-state index in [1.54, 1.807) is 25.1 Å². The van der Waals surface area contributed by atoms with E-state index in [2.05, 4.69) is 10.3 Å². The number of alkyl halides is 2. The highest BCUT2D eigenvalue weighted by Gasteiger charge is 2.30. The van der Waals surface area contributed by atoms with Crippen molar-refractivity contribution in [1.29, 1.82) is 0 Å². The monoisotopic (exact) mass is 363 g/mol. The van der Waals surface area contributed by atoms with Crippen molar-refractivity contribution in [3.63, 3.8) is 0 Å². The van der Waals surface area contributed by atoms with E-state index in [9.17, 15) is 13.6 Å². The van der Waals surface area contributed by atoms with Crippen LogP contribution in [0.15, 0.2) is 29.4 Å². The molecule has 0 spiro atoms. The number of halogens is 2. The van der Waals surface area contributed by atoms with Crippen LogP contribution in [0.2, 0.25) is 0 Å². The number of rotatable bonds is 6. The quantitative estimate of drug-likeness (QED) is 0.269. The second kappa shape index (κ2) is 7.11. The Kier molecular flexibility index (Phi) is 4.88. The summed E-state index contributed by atoms with van der Waals surface area (Å²) in [4.78, 5) is 16.8. The second-order valence-corrected chi connectivity index (χ2v) is 6.19. The minimum atomic E-state index is -2.69. The van der Waals surface area contributed by atoms with Crippen molar-refractivity contribution in [1.82, 2.24) is 9.78 Å². The molecule has 0 bridgehead atoms. The number of carbonyl (C=O) groups is 1. The summed E-state index contributed by atoms with van der Waals surface area (Å²) in [6.45, 7) is 1.46. The molecule has 1 fully saturated rings. The Balaban J connectivity index is 1.70. The minimum Gasteiger partial charge on any atom is -0.398 e. The molecule has 0 aliphatic heterocycles. The van der Waals surface area contributed by atoms with E-state index in [4.69, 9.17) is 16.3 Å². The summed E-state index contributed by atoms with van der Waals surface area (Å²) in [6.07, 6.45) is -0.906. The number of benzene rings is 1. The molecule has 1 aromatic carbocycles. The molecule has 138 valence electrons. The highest BCUT2D eigenvalue weighted by atomic mass is 19.3. The fraction of sp³-hybridized carbons (Fsp3) is 0.353. The molecule has 1 saturated carbocycles. The highest BCUT2D eigenvalue weighted by molar-refractivity contribution is 5.99. The van der Waals surface area contributed by atoms with Gasteiger partial charge in [0, 0.05) is 22.9 Å². The molecule has 0 saturated heterocycles. The normalized spacial score (nSPS) is 14.7. The Labute approximate surface area is 148 Å². The van der Waals surface area contributed by atoms with E-state index < -0.39 is 12.4 Å². The van der Waals surface area contributed by atoms with Gasteiger partial charge in [-0.05, 0) is 37.5 Å². The van der Waals surface area contributed by atoms with Gasteiger partial charge in [0.05, 0.1) is 0 Å². The maximum absolute atomic E-state index is 12.9. The van der Waals surface area contributed by atoms with Gasteiger partial charge in [-0.25, -0.2) is 13.6 Å². The molecule has 1 aromatic heterocycles. The number of nitrogens with zero attached hydrogens (tertiary/aromatic N) is 3. The maximum atomic E-state index is 12.9. The predicted octanol–water partition coefficient (Wildman–Crippen LogP) is 2.45. The van der Waals surface area contributed by atoms with Gasteiger partial charge in [0.15, 0.2) is 5.84 Å². The molecule has 2 aromatic rings. The van der Waals surface area contributed by atoms with Gasteiger partial charge in [0.2, 0.25) is 0 Å². The number of nitrogens with two attached hydrogens (primary N) is 2. The lowest BCUT2D eigenvalue weighted by Gasteiger charge is -2.07. The Hall–Kier alpha value is -2.97. The van der Waals surface area contributed by atoms with E-state index in [0.717, 1.165) is 18.4 Å². The van der Waals surface area contributed by atoms with Crippen molar-refractivity contribution < 1.29 is 18.4 Å². The molecular weight excluding hydrogens is 344 g/mol. The summed E-state index contributed by atoms with van der Waals surface area (Å²) >= 11 is 0. The molecule has 1 heterocycles. The summed E-state index contributed by atoms with van der Waals surface area (Å²) in [5.74, 6) is -0.592. The van der Waals surface area contributed by atoms with Crippen LogP contribution >= 0.6 is 0 Å². The van der Waals surface area contributed by atoms with E-state index in [-0.39, 0.29) is 24.0 Å². The number of carbonyl (C=O) groups excluding carboxylic acids is 1. The first-order valence-electron chi connectivity index (χ1n) is 8.11. The average molecular weight is 363 g/mol. The average Bonchev–Trinajstić information content (AvgIpc) is 3.35. The predicted molar refractivity (Wildman–Crippen MR) is 91.6 cm³/mol. The molecule has 1 aliphatic carbocycles.